The van der Waals surface area contributed by atoms with E-state index in [1.54, 1.807) is 7.11 Å². The van der Waals surface area contributed by atoms with Crippen LogP contribution < -0.4 is 0 Å². The van der Waals surface area contributed by atoms with E-state index in [9.17, 15) is 0 Å². The maximum Gasteiger partial charge on any atom is 0.283 e. The third-order valence-corrected chi connectivity index (χ3v) is 3.09. The summed E-state index contributed by atoms with van der Waals surface area (Å²) < 4.78 is 17.1. The van der Waals surface area contributed by atoms with Crippen molar-refractivity contribution in [1.82, 2.24) is 0 Å². The summed E-state index contributed by atoms with van der Waals surface area (Å²) in [4.78, 5) is 0. The Morgan fingerprint density at radius 1 is 1.35 bits per heavy atom. The van der Waals surface area contributed by atoms with Crippen molar-refractivity contribution in [1.29, 1.82) is 0 Å². The van der Waals surface area contributed by atoms with Gasteiger partial charge in [0, 0.05) is 13.5 Å². The van der Waals surface area contributed by atoms with E-state index in [1.165, 1.54) is 0 Å². The zero-order valence-corrected chi connectivity index (χ0v) is 10.5. The monoisotopic (exact) mass is 236 g/mol. The fraction of sp³-hybridized carbons (Fsp3) is 0.571. The summed E-state index contributed by atoms with van der Waals surface area (Å²) >= 11 is 0. The first-order valence-corrected chi connectivity index (χ1v) is 6.15. The van der Waals surface area contributed by atoms with Gasteiger partial charge in [-0.25, -0.2) is 0 Å². The summed E-state index contributed by atoms with van der Waals surface area (Å²) in [6.45, 7) is 2.57. The second-order valence-electron chi connectivity index (χ2n) is 4.48. The van der Waals surface area contributed by atoms with Gasteiger partial charge in [0.05, 0.1) is 12.7 Å². The molecule has 1 aliphatic rings. The Labute approximate surface area is 103 Å². The van der Waals surface area contributed by atoms with E-state index in [0.29, 0.717) is 6.61 Å². The molecule has 0 radical (unpaired) electrons. The number of hydrogen-bond acceptors (Lipinski definition) is 3. The van der Waals surface area contributed by atoms with E-state index >= 15 is 0 Å². The fourth-order valence-corrected chi connectivity index (χ4v) is 2.11. The summed E-state index contributed by atoms with van der Waals surface area (Å²) in [7, 11) is 1.64. The highest BCUT2D eigenvalue weighted by Gasteiger charge is 2.37. The number of benzene rings is 1. The maximum absolute atomic E-state index is 5.83. The van der Waals surface area contributed by atoms with E-state index in [-0.39, 0.29) is 6.10 Å². The zero-order chi connectivity index (χ0) is 12.1. The average Bonchev–Trinajstić information content (AvgIpc) is 2.38. The summed E-state index contributed by atoms with van der Waals surface area (Å²) in [5.74, 6) is -0.854. The molecule has 1 saturated heterocycles. The molecule has 1 aromatic rings. The molecule has 1 aromatic carbocycles. The lowest BCUT2D eigenvalue weighted by Crippen LogP contribution is -2.43. The van der Waals surface area contributed by atoms with Gasteiger partial charge in [0.15, 0.2) is 0 Å². The van der Waals surface area contributed by atoms with Gasteiger partial charge in [0.2, 0.25) is 0 Å². The van der Waals surface area contributed by atoms with Gasteiger partial charge in [-0.1, -0.05) is 30.3 Å². The molecule has 1 aliphatic heterocycles. The molecular formula is C14H20O3. The Hall–Kier alpha value is -0.900. The maximum atomic E-state index is 5.83. The molecule has 0 aliphatic carbocycles. The SMILES string of the molecule is COC1(OCc2ccccc2)CCCC(C)O1. The van der Waals surface area contributed by atoms with Gasteiger partial charge >= 0.3 is 0 Å². The van der Waals surface area contributed by atoms with Crippen LogP contribution in [0, 0.1) is 0 Å². The smallest absolute Gasteiger partial charge is 0.283 e. The van der Waals surface area contributed by atoms with Crippen molar-refractivity contribution >= 4 is 0 Å². The summed E-state index contributed by atoms with van der Waals surface area (Å²) in [5, 5.41) is 0. The van der Waals surface area contributed by atoms with E-state index in [1.807, 2.05) is 30.3 Å². The lowest BCUT2D eigenvalue weighted by molar-refractivity contribution is -0.402. The average molecular weight is 236 g/mol. The molecule has 94 valence electrons. The van der Waals surface area contributed by atoms with Crippen LogP contribution in [0.25, 0.3) is 0 Å². The molecule has 0 bridgehead atoms. The Balaban J connectivity index is 1.95. The minimum Gasteiger partial charge on any atom is -0.331 e. The van der Waals surface area contributed by atoms with Gasteiger partial charge in [-0.05, 0) is 25.3 Å². The van der Waals surface area contributed by atoms with Crippen molar-refractivity contribution in [3.8, 4) is 0 Å². The van der Waals surface area contributed by atoms with Crippen molar-refractivity contribution in [2.75, 3.05) is 7.11 Å². The summed E-state index contributed by atoms with van der Waals surface area (Å²) in [5.41, 5.74) is 1.13. The van der Waals surface area contributed by atoms with Crippen LogP contribution in [-0.2, 0) is 20.8 Å². The van der Waals surface area contributed by atoms with Crippen LogP contribution in [0.4, 0.5) is 0 Å². The zero-order valence-electron chi connectivity index (χ0n) is 10.5. The van der Waals surface area contributed by atoms with Crippen LogP contribution >= 0.6 is 0 Å². The standard InChI is InChI=1S/C14H20O3/c1-12-7-6-10-14(15-2,17-12)16-11-13-8-4-3-5-9-13/h3-5,8-9,12H,6-7,10-11H2,1-2H3. The van der Waals surface area contributed by atoms with Gasteiger partial charge in [-0.15, -0.1) is 0 Å². The largest absolute Gasteiger partial charge is 0.331 e. The molecule has 2 atom stereocenters. The lowest BCUT2D eigenvalue weighted by atomic mass is 10.1. The molecule has 3 heteroatoms. The van der Waals surface area contributed by atoms with Crippen molar-refractivity contribution in [3.63, 3.8) is 0 Å². The highest BCUT2D eigenvalue weighted by Crippen LogP contribution is 2.31. The second kappa shape index (κ2) is 5.63. The minimum absolute atomic E-state index is 0.194. The predicted molar refractivity (Wildman–Crippen MR) is 65.4 cm³/mol. The van der Waals surface area contributed by atoms with Crippen molar-refractivity contribution in [2.24, 2.45) is 0 Å². The van der Waals surface area contributed by atoms with Crippen LogP contribution in [0.5, 0.6) is 0 Å². The Kier molecular flexibility index (Phi) is 4.15. The van der Waals surface area contributed by atoms with Crippen LogP contribution in [0.1, 0.15) is 31.7 Å². The first-order valence-electron chi connectivity index (χ1n) is 6.15. The lowest BCUT2D eigenvalue weighted by Gasteiger charge is -2.38. The number of ether oxygens (including phenoxy) is 3. The second-order valence-corrected chi connectivity index (χ2v) is 4.48. The van der Waals surface area contributed by atoms with Crippen molar-refractivity contribution < 1.29 is 14.2 Å². The molecule has 1 heterocycles. The minimum atomic E-state index is -0.854. The van der Waals surface area contributed by atoms with Crippen molar-refractivity contribution in [2.45, 2.75) is 44.9 Å². The Bertz CT molecular complexity index is 339. The highest BCUT2D eigenvalue weighted by molar-refractivity contribution is 5.13. The number of methoxy groups -OCH3 is 1. The molecular weight excluding hydrogens is 216 g/mol. The highest BCUT2D eigenvalue weighted by atomic mass is 16.9. The van der Waals surface area contributed by atoms with Gasteiger partial charge in [0.25, 0.3) is 5.97 Å². The Morgan fingerprint density at radius 3 is 2.76 bits per heavy atom. The van der Waals surface area contributed by atoms with Gasteiger partial charge in [-0.3, -0.25) is 0 Å². The van der Waals surface area contributed by atoms with Gasteiger partial charge in [-0.2, -0.15) is 0 Å². The van der Waals surface area contributed by atoms with Gasteiger partial charge < -0.3 is 14.2 Å². The molecule has 2 unspecified atom stereocenters. The number of rotatable bonds is 4. The first kappa shape index (κ1) is 12.6. The molecule has 2 rings (SSSR count). The fourth-order valence-electron chi connectivity index (χ4n) is 2.11. The third-order valence-electron chi connectivity index (χ3n) is 3.09. The van der Waals surface area contributed by atoms with Crippen LogP contribution in [-0.4, -0.2) is 19.2 Å². The van der Waals surface area contributed by atoms with E-state index in [4.69, 9.17) is 14.2 Å². The number of hydrogen-bond donors (Lipinski definition) is 0. The normalized spacial score (nSPS) is 29.2. The first-order chi connectivity index (χ1) is 8.24. The van der Waals surface area contributed by atoms with E-state index < -0.39 is 5.97 Å². The van der Waals surface area contributed by atoms with Crippen LogP contribution in [0.15, 0.2) is 30.3 Å². The van der Waals surface area contributed by atoms with E-state index in [0.717, 1.165) is 24.8 Å². The Morgan fingerprint density at radius 2 is 2.12 bits per heavy atom. The molecule has 17 heavy (non-hydrogen) atoms. The van der Waals surface area contributed by atoms with Crippen LogP contribution in [0.3, 0.4) is 0 Å². The van der Waals surface area contributed by atoms with E-state index in [2.05, 4.69) is 6.92 Å². The third kappa shape index (κ3) is 3.28. The van der Waals surface area contributed by atoms with Crippen LogP contribution in [0.2, 0.25) is 0 Å². The molecule has 0 N–H and O–H groups in total. The molecule has 0 aromatic heterocycles. The quantitative estimate of drug-likeness (QED) is 0.752. The van der Waals surface area contributed by atoms with Gasteiger partial charge in [0.1, 0.15) is 0 Å². The van der Waals surface area contributed by atoms with Crippen molar-refractivity contribution in [3.05, 3.63) is 35.9 Å². The topological polar surface area (TPSA) is 27.7 Å². The molecule has 3 nitrogen and oxygen atoms in total. The predicted octanol–water partition coefficient (Wildman–Crippen LogP) is 3.09. The summed E-state index contributed by atoms with van der Waals surface area (Å²) in [6.07, 6.45) is 3.13. The molecule has 0 amide bonds. The molecule has 1 fully saturated rings. The summed E-state index contributed by atoms with van der Waals surface area (Å²) in [6, 6.07) is 10.1. The molecule has 0 spiro atoms. The molecule has 0 saturated carbocycles.